The summed E-state index contributed by atoms with van der Waals surface area (Å²) in [5.74, 6) is -0.130. The van der Waals surface area contributed by atoms with Crippen LogP contribution in [0.25, 0.3) is 0 Å². The lowest BCUT2D eigenvalue weighted by atomic mass is 10.3. The molecule has 0 fully saturated rings. The van der Waals surface area contributed by atoms with E-state index in [1.54, 1.807) is 11.3 Å². The summed E-state index contributed by atoms with van der Waals surface area (Å²) in [6.07, 6.45) is 0.445. The van der Waals surface area contributed by atoms with Gasteiger partial charge in [0.2, 0.25) is 0 Å². The highest BCUT2D eigenvalue weighted by Gasteiger charge is 2.05. The zero-order valence-electron chi connectivity index (χ0n) is 8.53. The molecule has 1 rings (SSSR count). The lowest BCUT2D eigenvalue weighted by molar-refractivity contribution is -0.142. The van der Waals surface area contributed by atoms with Crippen LogP contribution in [0.2, 0.25) is 0 Å². The number of carbonyl (C=O) groups excluding carboxylic acids is 1. The average molecular weight is 213 g/mol. The molecule has 0 bridgehead atoms. The molecule has 0 aliphatic heterocycles. The van der Waals surface area contributed by atoms with Crippen LogP contribution in [0, 0.1) is 0 Å². The van der Waals surface area contributed by atoms with Crippen LogP contribution in [0.4, 0.5) is 5.69 Å². The van der Waals surface area contributed by atoms with E-state index in [2.05, 4.69) is 5.38 Å². The van der Waals surface area contributed by atoms with E-state index in [0.717, 1.165) is 5.69 Å². The molecule has 1 heterocycles. The van der Waals surface area contributed by atoms with Gasteiger partial charge in [0.05, 0.1) is 13.0 Å². The largest absolute Gasteiger partial charge is 0.466 e. The van der Waals surface area contributed by atoms with Crippen LogP contribution in [-0.2, 0) is 9.53 Å². The molecule has 0 saturated carbocycles. The molecule has 0 radical (unpaired) electrons. The molecular formula is C10H15NO2S. The molecule has 0 saturated heterocycles. The second-order valence-corrected chi connectivity index (χ2v) is 3.74. The first kappa shape index (κ1) is 11.0. The van der Waals surface area contributed by atoms with E-state index < -0.39 is 0 Å². The van der Waals surface area contributed by atoms with Crippen molar-refractivity contribution in [2.75, 3.05) is 25.1 Å². The molecule has 0 amide bonds. The van der Waals surface area contributed by atoms with Crippen molar-refractivity contribution < 1.29 is 9.53 Å². The Hall–Kier alpha value is -1.03. The molecule has 4 heteroatoms. The second-order valence-electron chi connectivity index (χ2n) is 2.96. The van der Waals surface area contributed by atoms with Crippen LogP contribution in [0.1, 0.15) is 13.3 Å². The Morgan fingerprint density at radius 2 is 2.43 bits per heavy atom. The molecule has 0 aliphatic rings. The first-order valence-corrected chi connectivity index (χ1v) is 5.57. The van der Waals surface area contributed by atoms with Crippen LogP contribution in [0.5, 0.6) is 0 Å². The van der Waals surface area contributed by atoms with Crippen molar-refractivity contribution in [3.63, 3.8) is 0 Å². The van der Waals surface area contributed by atoms with E-state index in [0.29, 0.717) is 19.6 Å². The number of hydrogen-bond acceptors (Lipinski definition) is 4. The molecule has 0 atom stereocenters. The zero-order valence-corrected chi connectivity index (χ0v) is 9.34. The van der Waals surface area contributed by atoms with Crippen molar-refractivity contribution in [2.45, 2.75) is 13.3 Å². The maximum Gasteiger partial charge on any atom is 0.307 e. The highest BCUT2D eigenvalue weighted by Crippen LogP contribution is 2.16. The van der Waals surface area contributed by atoms with Crippen LogP contribution < -0.4 is 4.90 Å². The topological polar surface area (TPSA) is 29.5 Å². The maximum atomic E-state index is 11.1. The van der Waals surface area contributed by atoms with E-state index in [1.165, 1.54) is 0 Å². The van der Waals surface area contributed by atoms with E-state index in [4.69, 9.17) is 4.74 Å². The summed E-state index contributed by atoms with van der Waals surface area (Å²) in [5, 5.41) is 4.08. The van der Waals surface area contributed by atoms with Crippen molar-refractivity contribution in [1.82, 2.24) is 0 Å². The smallest absolute Gasteiger partial charge is 0.307 e. The Labute approximate surface area is 88.3 Å². The number of hydrogen-bond donors (Lipinski definition) is 0. The van der Waals surface area contributed by atoms with E-state index >= 15 is 0 Å². The fourth-order valence-corrected chi connectivity index (χ4v) is 1.79. The Morgan fingerprint density at radius 3 is 3.00 bits per heavy atom. The highest BCUT2D eigenvalue weighted by molar-refractivity contribution is 7.08. The number of anilines is 1. The SMILES string of the molecule is CCOC(=O)CCN(C)c1ccsc1. The Morgan fingerprint density at radius 1 is 1.64 bits per heavy atom. The molecule has 1 aromatic heterocycles. The van der Waals surface area contributed by atoms with Crippen LogP contribution >= 0.6 is 11.3 Å². The second kappa shape index (κ2) is 5.65. The van der Waals surface area contributed by atoms with Gasteiger partial charge in [0, 0.05) is 24.7 Å². The summed E-state index contributed by atoms with van der Waals surface area (Å²) >= 11 is 1.65. The van der Waals surface area contributed by atoms with Crippen LogP contribution in [0.3, 0.4) is 0 Å². The third-order valence-corrected chi connectivity index (χ3v) is 2.57. The molecule has 0 aromatic carbocycles. The van der Waals surface area contributed by atoms with Gasteiger partial charge in [0.25, 0.3) is 0 Å². The zero-order chi connectivity index (χ0) is 10.4. The molecular weight excluding hydrogens is 198 g/mol. The first-order chi connectivity index (χ1) is 6.74. The third kappa shape index (κ3) is 3.38. The van der Waals surface area contributed by atoms with Gasteiger partial charge in [0.15, 0.2) is 0 Å². The van der Waals surface area contributed by atoms with E-state index in [-0.39, 0.29) is 5.97 Å². The molecule has 3 nitrogen and oxygen atoms in total. The summed E-state index contributed by atoms with van der Waals surface area (Å²) in [4.78, 5) is 13.1. The number of esters is 1. The molecule has 14 heavy (non-hydrogen) atoms. The Balaban J connectivity index is 2.28. The van der Waals surface area contributed by atoms with E-state index in [1.807, 2.05) is 30.3 Å². The summed E-state index contributed by atoms with van der Waals surface area (Å²) < 4.78 is 4.85. The van der Waals surface area contributed by atoms with Crippen molar-refractivity contribution >= 4 is 23.0 Å². The predicted octanol–water partition coefficient (Wildman–Crippen LogP) is 2.14. The molecule has 0 spiro atoms. The first-order valence-electron chi connectivity index (χ1n) is 4.63. The molecule has 1 aromatic rings. The molecule has 0 unspecified atom stereocenters. The van der Waals surface area contributed by atoms with Crippen molar-refractivity contribution in [3.8, 4) is 0 Å². The quantitative estimate of drug-likeness (QED) is 0.702. The van der Waals surface area contributed by atoms with Crippen molar-refractivity contribution in [2.24, 2.45) is 0 Å². The van der Waals surface area contributed by atoms with Gasteiger partial charge in [0.1, 0.15) is 0 Å². The van der Waals surface area contributed by atoms with Gasteiger partial charge in [-0.1, -0.05) is 0 Å². The standard InChI is InChI=1S/C10H15NO2S/c1-3-13-10(12)4-6-11(2)9-5-7-14-8-9/h5,7-8H,3-4,6H2,1-2H3. The Kier molecular flexibility index (Phi) is 4.46. The van der Waals surface area contributed by atoms with Crippen LogP contribution in [0.15, 0.2) is 16.8 Å². The monoisotopic (exact) mass is 213 g/mol. The van der Waals surface area contributed by atoms with Gasteiger partial charge >= 0.3 is 5.97 Å². The van der Waals surface area contributed by atoms with Crippen molar-refractivity contribution in [1.29, 1.82) is 0 Å². The Bertz CT molecular complexity index is 272. The normalized spacial score (nSPS) is 9.86. The summed E-state index contributed by atoms with van der Waals surface area (Å²) in [6.45, 7) is 2.98. The van der Waals surface area contributed by atoms with Gasteiger partial charge in [-0.3, -0.25) is 4.79 Å². The van der Waals surface area contributed by atoms with Gasteiger partial charge in [-0.25, -0.2) is 0 Å². The van der Waals surface area contributed by atoms with Gasteiger partial charge in [-0.05, 0) is 18.4 Å². The molecule has 0 N–H and O–H groups in total. The summed E-state index contributed by atoms with van der Waals surface area (Å²) in [7, 11) is 1.97. The fourth-order valence-electron chi connectivity index (χ4n) is 1.10. The fraction of sp³-hybridized carbons (Fsp3) is 0.500. The summed E-state index contributed by atoms with van der Waals surface area (Å²) in [5.41, 5.74) is 1.15. The van der Waals surface area contributed by atoms with Gasteiger partial charge in [-0.15, -0.1) is 0 Å². The maximum absolute atomic E-state index is 11.1. The minimum atomic E-state index is -0.130. The number of rotatable bonds is 5. The lowest BCUT2D eigenvalue weighted by Gasteiger charge is -2.16. The van der Waals surface area contributed by atoms with Gasteiger partial charge in [-0.2, -0.15) is 11.3 Å². The number of nitrogens with zero attached hydrogens (tertiary/aromatic N) is 1. The van der Waals surface area contributed by atoms with Crippen molar-refractivity contribution in [3.05, 3.63) is 16.8 Å². The number of carbonyl (C=O) groups is 1. The number of thiophene rings is 1. The van der Waals surface area contributed by atoms with Crippen LogP contribution in [-0.4, -0.2) is 26.2 Å². The molecule has 0 aliphatic carbocycles. The third-order valence-electron chi connectivity index (χ3n) is 1.90. The summed E-state index contributed by atoms with van der Waals surface area (Å²) in [6, 6.07) is 2.04. The van der Waals surface area contributed by atoms with E-state index in [9.17, 15) is 4.79 Å². The minimum Gasteiger partial charge on any atom is -0.466 e. The minimum absolute atomic E-state index is 0.130. The average Bonchev–Trinajstić information content (AvgIpc) is 2.67. The number of ether oxygens (including phenoxy) is 1. The lowest BCUT2D eigenvalue weighted by Crippen LogP contribution is -2.21. The van der Waals surface area contributed by atoms with Gasteiger partial charge < -0.3 is 9.64 Å². The molecule has 78 valence electrons. The highest BCUT2D eigenvalue weighted by atomic mass is 32.1. The predicted molar refractivity (Wildman–Crippen MR) is 58.8 cm³/mol.